The van der Waals surface area contributed by atoms with E-state index in [-0.39, 0.29) is 0 Å². The Morgan fingerprint density at radius 2 is 2.00 bits per heavy atom. The zero-order chi connectivity index (χ0) is 11.4. The van der Waals surface area contributed by atoms with Crippen LogP contribution in [0, 0.1) is 5.92 Å². The molecule has 1 N–H and O–H groups in total. The number of hydrogen-bond acceptors (Lipinski definition) is 4. The van der Waals surface area contributed by atoms with E-state index < -0.39 is 9.84 Å². The first-order valence-electron chi connectivity index (χ1n) is 6.29. The molecule has 0 amide bonds. The molecule has 2 heterocycles. The van der Waals surface area contributed by atoms with E-state index in [1.165, 1.54) is 25.9 Å². The largest absolute Gasteiger partial charge is 0.315 e. The van der Waals surface area contributed by atoms with E-state index in [1.807, 2.05) is 0 Å². The quantitative estimate of drug-likeness (QED) is 0.699. The number of likely N-dealkylation sites (tertiary alicyclic amines) is 1. The summed E-state index contributed by atoms with van der Waals surface area (Å²) in [5, 5.41) is 3.39. The molecule has 94 valence electrons. The van der Waals surface area contributed by atoms with Gasteiger partial charge in [-0.15, -0.1) is 0 Å². The Labute approximate surface area is 98.3 Å². The van der Waals surface area contributed by atoms with Gasteiger partial charge in [-0.25, -0.2) is 8.42 Å². The molecule has 0 aliphatic carbocycles. The van der Waals surface area contributed by atoms with Crippen molar-refractivity contribution in [3.8, 4) is 0 Å². The summed E-state index contributed by atoms with van der Waals surface area (Å²) in [5.74, 6) is 1.14. The predicted molar refractivity (Wildman–Crippen MR) is 65.3 cm³/mol. The van der Waals surface area contributed by atoms with E-state index in [9.17, 15) is 8.42 Å². The Balaban J connectivity index is 1.55. The summed E-state index contributed by atoms with van der Waals surface area (Å²) in [4.78, 5) is 2.47. The lowest BCUT2D eigenvalue weighted by molar-refractivity contribution is 0.332. The molecule has 2 saturated heterocycles. The molecule has 0 radical (unpaired) electrons. The van der Waals surface area contributed by atoms with Gasteiger partial charge in [-0.1, -0.05) is 0 Å². The molecule has 0 aromatic rings. The van der Waals surface area contributed by atoms with Gasteiger partial charge in [-0.2, -0.15) is 0 Å². The average Bonchev–Trinajstić information content (AvgIpc) is 2.82. The fraction of sp³-hybridized carbons (Fsp3) is 1.00. The zero-order valence-electron chi connectivity index (χ0n) is 9.82. The van der Waals surface area contributed by atoms with Gasteiger partial charge in [0.25, 0.3) is 0 Å². The number of sulfone groups is 1. The van der Waals surface area contributed by atoms with Gasteiger partial charge in [0.1, 0.15) is 0 Å². The highest BCUT2D eigenvalue weighted by molar-refractivity contribution is 7.91. The summed E-state index contributed by atoms with van der Waals surface area (Å²) >= 11 is 0. The maximum absolute atomic E-state index is 11.2. The number of rotatable bonds is 5. The van der Waals surface area contributed by atoms with Crippen LogP contribution in [0.25, 0.3) is 0 Å². The third-order valence-electron chi connectivity index (χ3n) is 3.56. The minimum absolute atomic E-state index is 0.351. The van der Waals surface area contributed by atoms with Gasteiger partial charge in [-0.05, 0) is 44.8 Å². The maximum atomic E-state index is 11.2. The van der Waals surface area contributed by atoms with E-state index in [1.54, 1.807) is 0 Å². The van der Waals surface area contributed by atoms with Crippen molar-refractivity contribution in [3.63, 3.8) is 0 Å². The minimum atomic E-state index is -2.70. The summed E-state index contributed by atoms with van der Waals surface area (Å²) in [7, 11) is -2.70. The standard InChI is InChI=1S/C11H22N2O2S/c14-16(15)8-3-11(10-16)9-12-4-7-13-5-1-2-6-13/h11-12H,1-10H2. The second kappa shape index (κ2) is 5.47. The SMILES string of the molecule is O=S1(=O)CCC(CNCCN2CCCC2)C1. The number of nitrogens with one attached hydrogen (secondary N) is 1. The van der Waals surface area contributed by atoms with Crippen LogP contribution in [0.3, 0.4) is 0 Å². The predicted octanol–water partition coefficient (Wildman–Crippen LogP) is 0.107. The molecule has 5 heteroatoms. The van der Waals surface area contributed by atoms with Crippen LogP contribution in [0.1, 0.15) is 19.3 Å². The fourth-order valence-corrected chi connectivity index (χ4v) is 4.44. The molecule has 0 saturated carbocycles. The van der Waals surface area contributed by atoms with Crippen LogP contribution in [-0.4, -0.2) is 57.5 Å². The van der Waals surface area contributed by atoms with Crippen LogP contribution in [0.5, 0.6) is 0 Å². The summed E-state index contributed by atoms with van der Waals surface area (Å²) < 4.78 is 22.5. The van der Waals surface area contributed by atoms with E-state index in [0.29, 0.717) is 17.4 Å². The normalized spacial score (nSPS) is 29.9. The molecule has 0 aromatic heterocycles. The zero-order valence-corrected chi connectivity index (χ0v) is 10.6. The molecule has 1 atom stereocenters. The lowest BCUT2D eigenvalue weighted by atomic mass is 10.1. The molecule has 1 unspecified atom stereocenters. The lowest BCUT2D eigenvalue weighted by Crippen LogP contribution is -2.32. The molecule has 4 nitrogen and oxygen atoms in total. The Bertz CT molecular complexity index is 310. The first-order chi connectivity index (χ1) is 7.66. The highest BCUT2D eigenvalue weighted by Gasteiger charge is 2.27. The average molecular weight is 246 g/mol. The van der Waals surface area contributed by atoms with Crippen LogP contribution < -0.4 is 5.32 Å². The molecule has 0 bridgehead atoms. The minimum Gasteiger partial charge on any atom is -0.315 e. The molecule has 0 aromatic carbocycles. The van der Waals surface area contributed by atoms with E-state index in [0.717, 1.165) is 26.1 Å². The highest BCUT2D eigenvalue weighted by atomic mass is 32.2. The van der Waals surface area contributed by atoms with Gasteiger partial charge in [0.15, 0.2) is 9.84 Å². The van der Waals surface area contributed by atoms with Gasteiger partial charge in [-0.3, -0.25) is 0 Å². The van der Waals surface area contributed by atoms with Crippen molar-refractivity contribution in [1.29, 1.82) is 0 Å². The van der Waals surface area contributed by atoms with E-state index in [4.69, 9.17) is 0 Å². The van der Waals surface area contributed by atoms with Gasteiger partial charge in [0, 0.05) is 13.1 Å². The van der Waals surface area contributed by atoms with E-state index >= 15 is 0 Å². The molecule has 2 fully saturated rings. The van der Waals surface area contributed by atoms with Crippen molar-refractivity contribution in [2.24, 2.45) is 5.92 Å². The van der Waals surface area contributed by atoms with Gasteiger partial charge >= 0.3 is 0 Å². The summed E-state index contributed by atoms with van der Waals surface area (Å²) in [6.45, 7) is 5.45. The molecule has 2 rings (SSSR count). The van der Waals surface area contributed by atoms with Gasteiger partial charge < -0.3 is 10.2 Å². The van der Waals surface area contributed by atoms with Crippen LogP contribution in [0.15, 0.2) is 0 Å². The highest BCUT2D eigenvalue weighted by Crippen LogP contribution is 2.17. The van der Waals surface area contributed by atoms with Gasteiger partial charge in [0.05, 0.1) is 11.5 Å². The summed E-state index contributed by atoms with van der Waals surface area (Å²) in [5.41, 5.74) is 0. The van der Waals surface area contributed by atoms with Crippen molar-refractivity contribution in [3.05, 3.63) is 0 Å². The van der Waals surface area contributed by atoms with Crippen molar-refractivity contribution in [1.82, 2.24) is 10.2 Å². The Kier molecular flexibility index (Phi) is 4.21. The monoisotopic (exact) mass is 246 g/mol. The van der Waals surface area contributed by atoms with Crippen LogP contribution in [-0.2, 0) is 9.84 Å². The Hall–Kier alpha value is -0.130. The number of nitrogens with zero attached hydrogens (tertiary/aromatic N) is 1. The Morgan fingerprint density at radius 1 is 1.25 bits per heavy atom. The molecule has 0 spiro atoms. The van der Waals surface area contributed by atoms with E-state index in [2.05, 4.69) is 10.2 Å². The van der Waals surface area contributed by atoms with Crippen molar-refractivity contribution in [2.75, 3.05) is 44.2 Å². The van der Waals surface area contributed by atoms with Gasteiger partial charge in [0.2, 0.25) is 0 Å². The fourth-order valence-electron chi connectivity index (χ4n) is 2.58. The first kappa shape index (κ1) is 12.3. The maximum Gasteiger partial charge on any atom is 0.150 e. The molecule has 2 aliphatic heterocycles. The van der Waals surface area contributed by atoms with Crippen molar-refractivity contribution >= 4 is 9.84 Å². The third kappa shape index (κ3) is 3.71. The first-order valence-corrected chi connectivity index (χ1v) is 8.11. The second-order valence-corrected chi connectivity index (χ2v) is 7.25. The van der Waals surface area contributed by atoms with Crippen LogP contribution in [0.2, 0.25) is 0 Å². The Morgan fingerprint density at radius 3 is 2.62 bits per heavy atom. The molecule has 2 aliphatic rings. The molecule has 16 heavy (non-hydrogen) atoms. The van der Waals surface area contributed by atoms with Crippen molar-refractivity contribution in [2.45, 2.75) is 19.3 Å². The second-order valence-electron chi connectivity index (χ2n) is 5.02. The third-order valence-corrected chi connectivity index (χ3v) is 5.40. The van der Waals surface area contributed by atoms with Crippen LogP contribution >= 0.6 is 0 Å². The summed E-state index contributed by atoms with van der Waals surface area (Å²) in [6, 6.07) is 0. The smallest absolute Gasteiger partial charge is 0.150 e. The van der Waals surface area contributed by atoms with Crippen molar-refractivity contribution < 1.29 is 8.42 Å². The summed E-state index contributed by atoms with van der Waals surface area (Å²) in [6.07, 6.45) is 3.51. The topological polar surface area (TPSA) is 49.4 Å². The lowest BCUT2D eigenvalue weighted by Gasteiger charge is -2.15. The molecular weight excluding hydrogens is 224 g/mol. The number of hydrogen-bond donors (Lipinski definition) is 1. The van der Waals surface area contributed by atoms with Crippen LogP contribution in [0.4, 0.5) is 0 Å². The molecular formula is C11H22N2O2S.